The summed E-state index contributed by atoms with van der Waals surface area (Å²) in [5.41, 5.74) is 3.50. The van der Waals surface area contributed by atoms with Crippen LogP contribution in [-0.2, 0) is 21.2 Å². The third kappa shape index (κ3) is 7.12. The predicted molar refractivity (Wildman–Crippen MR) is 151 cm³/mol. The number of nitrogens with zero attached hydrogens (tertiary/aromatic N) is 2. The van der Waals surface area contributed by atoms with Crippen LogP contribution < -0.4 is 14.9 Å². The van der Waals surface area contributed by atoms with Crippen molar-refractivity contribution >= 4 is 27.3 Å². The third-order valence-electron chi connectivity index (χ3n) is 7.62. The van der Waals surface area contributed by atoms with Crippen LogP contribution in [-0.4, -0.2) is 51.9 Å². The summed E-state index contributed by atoms with van der Waals surface area (Å²) in [6, 6.07) is 13.2. The van der Waals surface area contributed by atoms with E-state index < -0.39 is 10.0 Å². The Hall–Kier alpha value is -2.42. The van der Waals surface area contributed by atoms with Gasteiger partial charge in [0.1, 0.15) is 4.90 Å². The van der Waals surface area contributed by atoms with E-state index in [1.165, 1.54) is 5.56 Å². The lowest BCUT2D eigenvalue weighted by Gasteiger charge is -2.36. The molecule has 2 aliphatic rings. The zero-order valence-electron chi connectivity index (χ0n) is 22.3. The lowest BCUT2D eigenvalue weighted by Crippen LogP contribution is -2.46. The molecule has 4 rings (SSSR count). The number of nitrogens with one attached hydrogen (secondary N) is 2. The molecule has 1 amide bonds. The lowest BCUT2D eigenvalue weighted by atomic mass is 9.88. The second-order valence-electron chi connectivity index (χ2n) is 10.2. The highest BCUT2D eigenvalue weighted by atomic mass is 32.2. The van der Waals surface area contributed by atoms with E-state index in [1.807, 2.05) is 30.3 Å². The van der Waals surface area contributed by atoms with Crippen molar-refractivity contribution in [2.75, 3.05) is 42.9 Å². The fraction of sp³-hybridized carbons (Fsp3) is 0.552. The maximum absolute atomic E-state index is 13.9. The third-order valence-corrected chi connectivity index (χ3v) is 9.12. The van der Waals surface area contributed by atoms with Gasteiger partial charge in [0.05, 0.1) is 5.69 Å². The Labute approximate surface area is 222 Å². The Morgan fingerprint density at radius 3 is 2.54 bits per heavy atom. The summed E-state index contributed by atoms with van der Waals surface area (Å²) in [5, 5.41) is 2.94. The fourth-order valence-corrected chi connectivity index (χ4v) is 6.94. The zero-order chi connectivity index (χ0) is 26.3. The SMILES string of the molecule is CCCCCCC(=O)Nc1ccc(N2CCN(CC)CC2)c(S(=O)(=O)NC2CCCc3ccccc32)c1. The Morgan fingerprint density at radius 2 is 1.78 bits per heavy atom. The molecule has 1 saturated heterocycles. The molecule has 1 atom stereocenters. The minimum atomic E-state index is -3.84. The van der Waals surface area contributed by atoms with Gasteiger partial charge < -0.3 is 15.1 Å². The molecule has 2 aromatic carbocycles. The molecule has 1 fully saturated rings. The maximum atomic E-state index is 13.9. The molecule has 1 unspecified atom stereocenters. The number of likely N-dealkylation sites (N-methyl/N-ethyl adjacent to an activating group) is 1. The summed E-state index contributed by atoms with van der Waals surface area (Å²) in [5.74, 6) is -0.0714. The molecular weight excluding hydrogens is 484 g/mol. The molecule has 2 aromatic rings. The number of piperazine rings is 1. The van der Waals surface area contributed by atoms with Crippen LogP contribution in [0.4, 0.5) is 11.4 Å². The molecule has 0 aromatic heterocycles. The van der Waals surface area contributed by atoms with E-state index in [0.29, 0.717) is 17.8 Å². The van der Waals surface area contributed by atoms with Crippen molar-refractivity contribution in [2.45, 2.75) is 76.2 Å². The number of carbonyl (C=O) groups excluding carboxylic acids is 1. The smallest absolute Gasteiger partial charge is 0.243 e. The summed E-state index contributed by atoms with van der Waals surface area (Å²) in [6.07, 6.45) is 7.24. The van der Waals surface area contributed by atoms with Gasteiger partial charge in [-0.3, -0.25) is 4.79 Å². The Morgan fingerprint density at radius 1 is 1.00 bits per heavy atom. The van der Waals surface area contributed by atoms with Crippen LogP contribution in [0.15, 0.2) is 47.4 Å². The number of carbonyl (C=O) groups is 1. The van der Waals surface area contributed by atoms with Crippen molar-refractivity contribution in [3.8, 4) is 0 Å². The van der Waals surface area contributed by atoms with E-state index in [0.717, 1.165) is 83.2 Å². The number of benzene rings is 2. The van der Waals surface area contributed by atoms with Crippen molar-refractivity contribution in [3.05, 3.63) is 53.6 Å². The molecular formula is C29H42N4O3S. The molecule has 1 heterocycles. The quantitative estimate of drug-likeness (QED) is 0.399. The van der Waals surface area contributed by atoms with Crippen LogP contribution in [0.3, 0.4) is 0 Å². The average molecular weight is 527 g/mol. The van der Waals surface area contributed by atoms with Crippen molar-refractivity contribution in [3.63, 3.8) is 0 Å². The summed E-state index contributed by atoms with van der Waals surface area (Å²) < 4.78 is 30.8. The molecule has 2 N–H and O–H groups in total. The van der Waals surface area contributed by atoms with Gasteiger partial charge in [-0.2, -0.15) is 0 Å². The number of hydrogen-bond acceptors (Lipinski definition) is 5. The van der Waals surface area contributed by atoms with E-state index in [-0.39, 0.29) is 16.8 Å². The number of unbranched alkanes of at least 4 members (excludes halogenated alkanes) is 3. The molecule has 0 radical (unpaired) electrons. The first kappa shape index (κ1) is 27.6. The van der Waals surface area contributed by atoms with Crippen LogP contribution in [0.2, 0.25) is 0 Å². The zero-order valence-corrected chi connectivity index (χ0v) is 23.2. The van der Waals surface area contributed by atoms with Gasteiger partial charge in [0.2, 0.25) is 15.9 Å². The highest BCUT2D eigenvalue weighted by molar-refractivity contribution is 7.89. The average Bonchev–Trinajstić information content (AvgIpc) is 2.91. The largest absolute Gasteiger partial charge is 0.368 e. The molecule has 1 aliphatic heterocycles. The van der Waals surface area contributed by atoms with Crippen molar-refractivity contribution in [1.82, 2.24) is 9.62 Å². The Bertz CT molecular complexity index is 1160. The van der Waals surface area contributed by atoms with E-state index in [2.05, 4.69) is 39.8 Å². The number of anilines is 2. The van der Waals surface area contributed by atoms with Crippen LogP contribution in [0, 0.1) is 0 Å². The number of rotatable bonds is 11. The van der Waals surface area contributed by atoms with E-state index in [9.17, 15) is 13.2 Å². The molecule has 0 spiro atoms. The fourth-order valence-electron chi connectivity index (χ4n) is 5.44. The summed E-state index contributed by atoms with van der Waals surface area (Å²) in [7, 11) is -3.84. The van der Waals surface area contributed by atoms with Gasteiger partial charge in [-0.1, -0.05) is 57.4 Å². The predicted octanol–water partition coefficient (Wildman–Crippen LogP) is 5.09. The van der Waals surface area contributed by atoms with Crippen LogP contribution >= 0.6 is 0 Å². The Balaban J connectivity index is 1.59. The van der Waals surface area contributed by atoms with Gasteiger partial charge in [-0.05, 0) is 61.6 Å². The van der Waals surface area contributed by atoms with Gasteiger partial charge in [0.15, 0.2) is 0 Å². The van der Waals surface area contributed by atoms with E-state index in [1.54, 1.807) is 6.07 Å². The first-order valence-electron chi connectivity index (χ1n) is 13.9. The molecule has 1 aliphatic carbocycles. The van der Waals surface area contributed by atoms with Gasteiger partial charge in [-0.25, -0.2) is 13.1 Å². The first-order valence-corrected chi connectivity index (χ1v) is 15.4. The van der Waals surface area contributed by atoms with Crippen LogP contribution in [0.25, 0.3) is 0 Å². The molecule has 37 heavy (non-hydrogen) atoms. The summed E-state index contributed by atoms with van der Waals surface area (Å²) in [6.45, 7) is 8.62. The number of hydrogen-bond donors (Lipinski definition) is 2. The standard InChI is InChI=1S/C29H42N4O3S/c1-3-5-6-7-15-29(34)30-24-16-17-27(33-20-18-32(4-2)19-21-33)28(22-24)37(35,36)31-26-14-10-12-23-11-8-9-13-25(23)26/h8-9,11,13,16-17,22,26,31H,3-7,10,12,14-15,18-21H2,1-2H3,(H,30,34). The minimum absolute atomic E-state index is 0.0714. The molecule has 7 nitrogen and oxygen atoms in total. The van der Waals surface area contributed by atoms with Crippen molar-refractivity contribution in [2.24, 2.45) is 0 Å². The van der Waals surface area contributed by atoms with Crippen molar-refractivity contribution in [1.29, 1.82) is 0 Å². The number of amides is 1. The van der Waals surface area contributed by atoms with Gasteiger partial charge in [0, 0.05) is 44.3 Å². The number of fused-ring (bicyclic) bond motifs is 1. The van der Waals surface area contributed by atoms with Gasteiger partial charge in [-0.15, -0.1) is 0 Å². The Kier molecular flexibility index (Phi) is 9.62. The summed E-state index contributed by atoms with van der Waals surface area (Å²) >= 11 is 0. The minimum Gasteiger partial charge on any atom is -0.368 e. The van der Waals surface area contributed by atoms with Gasteiger partial charge in [0.25, 0.3) is 0 Å². The first-order chi connectivity index (χ1) is 17.9. The van der Waals surface area contributed by atoms with Crippen LogP contribution in [0.1, 0.15) is 76.0 Å². The second-order valence-corrected chi connectivity index (χ2v) is 11.9. The number of aryl methyl sites for hydroxylation is 1. The molecule has 0 bridgehead atoms. The molecule has 202 valence electrons. The highest BCUT2D eigenvalue weighted by Crippen LogP contribution is 2.34. The molecule has 0 saturated carbocycles. The normalized spacial score (nSPS) is 18.4. The topological polar surface area (TPSA) is 81.8 Å². The maximum Gasteiger partial charge on any atom is 0.243 e. The van der Waals surface area contributed by atoms with Crippen molar-refractivity contribution < 1.29 is 13.2 Å². The molecule has 8 heteroatoms. The summed E-state index contributed by atoms with van der Waals surface area (Å²) in [4.78, 5) is 17.3. The van der Waals surface area contributed by atoms with E-state index >= 15 is 0 Å². The monoisotopic (exact) mass is 526 g/mol. The highest BCUT2D eigenvalue weighted by Gasteiger charge is 2.30. The van der Waals surface area contributed by atoms with E-state index in [4.69, 9.17) is 0 Å². The second kappa shape index (κ2) is 12.9. The van der Waals surface area contributed by atoms with Crippen LogP contribution in [0.5, 0.6) is 0 Å². The van der Waals surface area contributed by atoms with Gasteiger partial charge >= 0.3 is 0 Å². The lowest BCUT2D eigenvalue weighted by molar-refractivity contribution is -0.116. The number of sulfonamides is 1.